The van der Waals surface area contributed by atoms with Gasteiger partial charge in [-0.05, 0) is 6.92 Å². The molecule has 0 radical (unpaired) electrons. The molecule has 0 aliphatic heterocycles. The van der Waals surface area contributed by atoms with E-state index in [2.05, 4.69) is 9.05 Å². The van der Waals surface area contributed by atoms with Crippen LogP contribution in [-0.2, 0) is 13.6 Å². The SMILES string of the molecule is CCOP(=O)([O-])OCC(F)(F)F.[Li+]. The second-order valence-corrected chi connectivity index (χ2v) is 3.16. The molecule has 0 aliphatic carbocycles. The number of hydrogen-bond acceptors (Lipinski definition) is 4. The fraction of sp³-hybridized carbons (Fsp3) is 1.00. The first-order chi connectivity index (χ1) is 5.27. The minimum atomic E-state index is -4.76. The monoisotopic (exact) mass is 214 g/mol. The first-order valence-electron chi connectivity index (χ1n) is 2.94. The van der Waals surface area contributed by atoms with Crippen molar-refractivity contribution in [1.29, 1.82) is 0 Å². The van der Waals surface area contributed by atoms with Crippen molar-refractivity contribution >= 4 is 7.82 Å². The van der Waals surface area contributed by atoms with E-state index in [1.54, 1.807) is 0 Å². The van der Waals surface area contributed by atoms with E-state index in [0.717, 1.165) is 0 Å². The molecule has 0 saturated carbocycles. The van der Waals surface area contributed by atoms with Gasteiger partial charge in [0.2, 0.25) is 0 Å². The number of hydrogen-bond donors (Lipinski definition) is 0. The van der Waals surface area contributed by atoms with E-state index < -0.39 is 20.6 Å². The minimum Gasteiger partial charge on any atom is -0.756 e. The number of phosphoric ester groups is 1. The molecule has 0 aromatic carbocycles. The number of phosphoric acid groups is 1. The maximum atomic E-state index is 11.4. The van der Waals surface area contributed by atoms with Gasteiger partial charge >= 0.3 is 25.0 Å². The molecular weight excluding hydrogens is 207 g/mol. The maximum absolute atomic E-state index is 11.4. The summed E-state index contributed by atoms with van der Waals surface area (Å²) in [6, 6.07) is 0. The zero-order valence-corrected chi connectivity index (χ0v) is 8.02. The predicted octanol–water partition coefficient (Wildman–Crippen LogP) is -1.93. The first-order valence-corrected chi connectivity index (χ1v) is 4.40. The van der Waals surface area contributed by atoms with E-state index in [1.807, 2.05) is 0 Å². The zero-order valence-electron chi connectivity index (χ0n) is 7.13. The van der Waals surface area contributed by atoms with Gasteiger partial charge in [0.15, 0.2) is 6.61 Å². The summed E-state index contributed by atoms with van der Waals surface area (Å²) in [7, 11) is -4.76. The Labute approximate surface area is 85.2 Å². The fourth-order valence-electron chi connectivity index (χ4n) is 0.348. The van der Waals surface area contributed by atoms with E-state index in [1.165, 1.54) is 6.92 Å². The van der Waals surface area contributed by atoms with Crippen LogP contribution in [0.3, 0.4) is 0 Å². The van der Waals surface area contributed by atoms with E-state index >= 15 is 0 Å². The summed E-state index contributed by atoms with van der Waals surface area (Å²) < 4.78 is 51.9. The van der Waals surface area contributed by atoms with Crippen molar-refractivity contribution in [2.45, 2.75) is 13.1 Å². The standard InChI is InChI=1S/C4H8F3O4P.Li/c1-2-10-12(8,9)11-3-4(5,6)7;/h2-3H2,1H3,(H,8,9);/q;+1/p-1. The summed E-state index contributed by atoms with van der Waals surface area (Å²) in [6.45, 7) is -0.784. The van der Waals surface area contributed by atoms with Gasteiger partial charge in [0, 0.05) is 0 Å². The smallest absolute Gasteiger partial charge is 0.756 e. The van der Waals surface area contributed by atoms with Crippen molar-refractivity contribution in [3.63, 3.8) is 0 Å². The third kappa shape index (κ3) is 10.4. The fourth-order valence-corrected chi connectivity index (χ4v) is 1.04. The van der Waals surface area contributed by atoms with E-state index in [0.29, 0.717) is 0 Å². The molecule has 9 heteroatoms. The van der Waals surface area contributed by atoms with E-state index in [4.69, 9.17) is 0 Å². The molecule has 0 aromatic heterocycles. The molecule has 0 N–H and O–H groups in total. The minimum absolute atomic E-state index is 0. The van der Waals surface area contributed by atoms with Crippen molar-refractivity contribution in [3.05, 3.63) is 0 Å². The molecule has 0 spiro atoms. The van der Waals surface area contributed by atoms with Crippen molar-refractivity contribution in [1.82, 2.24) is 0 Å². The Balaban J connectivity index is 0. The second-order valence-electron chi connectivity index (χ2n) is 1.75. The van der Waals surface area contributed by atoms with Crippen molar-refractivity contribution in [2.75, 3.05) is 13.2 Å². The third-order valence-corrected chi connectivity index (χ3v) is 1.69. The molecule has 0 aromatic rings. The average Bonchev–Trinajstić information content (AvgIpc) is 1.83. The Morgan fingerprint density at radius 3 is 2.15 bits per heavy atom. The van der Waals surface area contributed by atoms with Gasteiger partial charge in [-0.15, -0.1) is 0 Å². The van der Waals surface area contributed by atoms with Crippen molar-refractivity contribution in [3.8, 4) is 0 Å². The molecular formula is C4H7F3LiO4P. The Morgan fingerprint density at radius 2 is 1.85 bits per heavy atom. The van der Waals surface area contributed by atoms with Gasteiger partial charge in [-0.1, -0.05) is 0 Å². The molecule has 1 atom stereocenters. The topological polar surface area (TPSA) is 58.6 Å². The summed E-state index contributed by atoms with van der Waals surface area (Å²) in [5.74, 6) is 0. The molecule has 0 bridgehead atoms. The Morgan fingerprint density at radius 1 is 1.38 bits per heavy atom. The van der Waals surface area contributed by atoms with Gasteiger partial charge in [0.25, 0.3) is 7.82 Å². The van der Waals surface area contributed by atoms with Crippen LogP contribution in [0.5, 0.6) is 0 Å². The third-order valence-electron chi connectivity index (χ3n) is 0.674. The summed E-state index contributed by atoms with van der Waals surface area (Å²) in [5.41, 5.74) is 0. The Bertz CT molecular complexity index is 185. The maximum Gasteiger partial charge on any atom is 1.00 e. The molecule has 4 nitrogen and oxygen atoms in total. The van der Waals surface area contributed by atoms with E-state index in [9.17, 15) is 22.6 Å². The molecule has 0 fully saturated rings. The quantitative estimate of drug-likeness (QED) is 0.404. The number of halogens is 3. The zero-order chi connectivity index (χ0) is 9.83. The van der Waals surface area contributed by atoms with Crippen molar-refractivity contribution < 1.29 is 50.5 Å². The average molecular weight is 214 g/mol. The number of rotatable bonds is 4. The van der Waals surface area contributed by atoms with Gasteiger partial charge < -0.3 is 13.9 Å². The van der Waals surface area contributed by atoms with Crippen LogP contribution < -0.4 is 23.8 Å². The van der Waals surface area contributed by atoms with Crippen LogP contribution in [0.4, 0.5) is 13.2 Å². The Kier molecular flexibility index (Phi) is 7.45. The van der Waals surface area contributed by atoms with Crippen LogP contribution in [-0.4, -0.2) is 19.4 Å². The van der Waals surface area contributed by atoms with Crippen LogP contribution >= 0.6 is 7.82 Å². The second kappa shape index (κ2) is 6.07. The molecule has 0 amide bonds. The van der Waals surface area contributed by atoms with Crippen LogP contribution in [0.15, 0.2) is 0 Å². The van der Waals surface area contributed by atoms with Crippen LogP contribution in [0.1, 0.15) is 6.92 Å². The summed E-state index contributed by atoms with van der Waals surface area (Å²) in [5, 5.41) is 0. The van der Waals surface area contributed by atoms with E-state index in [-0.39, 0.29) is 25.5 Å². The molecule has 0 aliphatic rings. The summed E-state index contributed by atoms with van der Waals surface area (Å²) in [6.07, 6.45) is -4.67. The van der Waals surface area contributed by atoms with Gasteiger partial charge in [-0.2, -0.15) is 13.2 Å². The summed E-state index contributed by atoms with van der Waals surface area (Å²) in [4.78, 5) is 10.4. The molecule has 0 saturated heterocycles. The van der Waals surface area contributed by atoms with Gasteiger partial charge in [0.05, 0.1) is 6.61 Å². The molecule has 1 unspecified atom stereocenters. The normalized spacial score (nSPS) is 16.1. The molecule has 0 heterocycles. The largest absolute Gasteiger partial charge is 1.00 e. The molecule has 74 valence electrons. The Hall–Kier alpha value is 0.497. The first kappa shape index (κ1) is 15.9. The number of alkyl halides is 3. The van der Waals surface area contributed by atoms with Crippen LogP contribution in [0, 0.1) is 0 Å². The van der Waals surface area contributed by atoms with Gasteiger partial charge in [0.1, 0.15) is 0 Å². The van der Waals surface area contributed by atoms with Crippen molar-refractivity contribution in [2.24, 2.45) is 0 Å². The summed E-state index contributed by atoms with van der Waals surface area (Å²) >= 11 is 0. The molecule has 0 rings (SSSR count). The van der Waals surface area contributed by atoms with Crippen LogP contribution in [0.25, 0.3) is 0 Å². The van der Waals surface area contributed by atoms with Crippen LogP contribution in [0.2, 0.25) is 0 Å². The predicted molar refractivity (Wildman–Crippen MR) is 31.2 cm³/mol. The molecule has 13 heavy (non-hydrogen) atoms. The van der Waals surface area contributed by atoms with Gasteiger partial charge in [-0.3, -0.25) is 4.57 Å². The van der Waals surface area contributed by atoms with Gasteiger partial charge in [-0.25, -0.2) is 0 Å².